The summed E-state index contributed by atoms with van der Waals surface area (Å²) in [4.78, 5) is 2.66. The lowest BCUT2D eigenvalue weighted by molar-refractivity contribution is 0.197. The van der Waals surface area contributed by atoms with Crippen LogP contribution in [-0.2, 0) is 0 Å². The maximum atomic E-state index is 9.70. The number of rotatable bonds is 8. The standard InChI is InChI=1S/C18H26O2S6/c1-11(19)15-7-23-17(25-15)9-21-13-3-5-14(6-4-13)22-10-18-24-8-16(26-18)12(2)20/h3-6,11-12,15-20H,7-10H2,1-2H3. The molecule has 1 aromatic rings. The molecule has 26 heavy (non-hydrogen) atoms. The van der Waals surface area contributed by atoms with Crippen LogP contribution in [-0.4, -0.2) is 65.1 Å². The lowest BCUT2D eigenvalue weighted by Gasteiger charge is -2.13. The summed E-state index contributed by atoms with van der Waals surface area (Å²) in [5.41, 5.74) is 0. The van der Waals surface area contributed by atoms with Crippen LogP contribution in [0.25, 0.3) is 0 Å². The van der Waals surface area contributed by atoms with Crippen LogP contribution in [0.15, 0.2) is 34.1 Å². The fraction of sp³-hybridized carbons (Fsp3) is 0.667. The molecule has 2 N–H and O–H groups in total. The summed E-state index contributed by atoms with van der Waals surface area (Å²) in [6.45, 7) is 3.80. The van der Waals surface area contributed by atoms with Gasteiger partial charge in [-0.05, 0) is 38.1 Å². The van der Waals surface area contributed by atoms with Crippen molar-refractivity contribution >= 4 is 70.6 Å². The van der Waals surface area contributed by atoms with Crippen molar-refractivity contribution in [2.75, 3.05) is 23.0 Å². The second-order valence-corrected chi connectivity index (χ2v) is 14.6. The maximum absolute atomic E-state index is 9.70. The van der Waals surface area contributed by atoms with Crippen LogP contribution in [0, 0.1) is 0 Å². The van der Waals surface area contributed by atoms with E-state index in [1.165, 1.54) is 9.79 Å². The van der Waals surface area contributed by atoms with Crippen LogP contribution in [0.4, 0.5) is 0 Å². The average Bonchev–Trinajstić information content (AvgIpc) is 3.28. The summed E-state index contributed by atoms with van der Waals surface area (Å²) >= 11 is 11.7. The molecule has 0 bridgehead atoms. The number of aliphatic hydroxyl groups is 2. The van der Waals surface area contributed by atoms with Crippen molar-refractivity contribution in [3.05, 3.63) is 24.3 Å². The predicted molar refractivity (Wildman–Crippen MR) is 127 cm³/mol. The number of aliphatic hydroxyl groups excluding tert-OH is 2. The zero-order valence-electron chi connectivity index (χ0n) is 14.9. The van der Waals surface area contributed by atoms with E-state index in [9.17, 15) is 10.2 Å². The Morgan fingerprint density at radius 3 is 1.54 bits per heavy atom. The molecular weight excluding hydrogens is 441 g/mol. The Kier molecular flexibility index (Phi) is 9.16. The summed E-state index contributed by atoms with van der Waals surface area (Å²) in [6, 6.07) is 8.93. The first-order valence-electron chi connectivity index (χ1n) is 8.77. The van der Waals surface area contributed by atoms with E-state index in [2.05, 4.69) is 24.3 Å². The van der Waals surface area contributed by atoms with Gasteiger partial charge in [-0.1, -0.05) is 0 Å². The SMILES string of the molecule is CC(O)C1CSC(CSc2ccc(SCC3SCC(C(C)O)S3)cc2)S1. The molecule has 0 aliphatic carbocycles. The molecule has 0 saturated carbocycles. The predicted octanol–water partition coefficient (Wildman–Crippen LogP) is 4.98. The third-order valence-corrected chi connectivity index (χ3v) is 14.1. The maximum Gasteiger partial charge on any atom is 0.0639 e. The lowest BCUT2D eigenvalue weighted by atomic mass is 10.3. The second kappa shape index (κ2) is 10.9. The summed E-state index contributed by atoms with van der Waals surface area (Å²) in [6.07, 6.45) is -0.406. The van der Waals surface area contributed by atoms with Gasteiger partial charge in [0.2, 0.25) is 0 Å². The Morgan fingerprint density at radius 1 is 0.846 bits per heavy atom. The third kappa shape index (κ3) is 6.65. The van der Waals surface area contributed by atoms with Gasteiger partial charge in [0.05, 0.1) is 21.4 Å². The number of benzene rings is 1. The van der Waals surface area contributed by atoms with Crippen molar-refractivity contribution in [2.45, 2.75) is 55.5 Å². The van der Waals surface area contributed by atoms with Crippen molar-refractivity contribution in [3.63, 3.8) is 0 Å². The Morgan fingerprint density at radius 2 is 1.23 bits per heavy atom. The van der Waals surface area contributed by atoms with Gasteiger partial charge in [-0.25, -0.2) is 0 Å². The highest BCUT2D eigenvalue weighted by atomic mass is 32.2. The summed E-state index contributed by atoms with van der Waals surface area (Å²) in [7, 11) is 0. The van der Waals surface area contributed by atoms with Crippen molar-refractivity contribution in [2.24, 2.45) is 0 Å². The molecule has 2 fully saturated rings. The Bertz CT molecular complexity index is 504. The van der Waals surface area contributed by atoms with Crippen molar-refractivity contribution in [1.82, 2.24) is 0 Å². The molecule has 2 nitrogen and oxygen atoms in total. The van der Waals surface area contributed by atoms with Gasteiger partial charge >= 0.3 is 0 Å². The van der Waals surface area contributed by atoms with Crippen molar-refractivity contribution < 1.29 is 10.2 Å². The quantitative estimate of drug-likeness (QED) is 0.520. The molecule has 2 aliphatic heterocycles. The molecule has 146 valence electrons. The highest BCUT2D eigenvalue weighted by Gasteiger charge is 2.30. The molecular formula is C18H26O2S6. The summed E-state index contributed by atoms with van der Waals surface area (Å²) in [5.74, 6) is 4.33. The van der Waals surface area contributed by atoms with E-state index in [4.69, 9.17) is 0 Å². The molecule has 0 radical (unpaired) electrons. The van der Waals surface area contributed by atoms with Crippen LogP contribution in [0.2, 0.25) is 0 Å². The fourth-order valence-electron chi connectivity index (χ4n) is 2.59. The summed E-state index contributed by atoms with van der Waals surface area (Å²) < 4.78 is 1.18. The van der Waals surface area contributed by atoms with E-state index >= 15 is 0 Å². The van der Waals surface area contributed by atoms with E-state index in [0.717, 1.165) is 23.0 Å². The lowest BCUT2D eigenvalue weighted by Crippen LogP contribution is -2.18. The average molecular weight is 467 g/mol. The monoisotopic (exact) mass is 466 g/mol. The first-order valence-corrected chi connectivity index (χ1v) is 14.7. The molecule has 2 aliphatic rings. The van der Waals surface area contributed by atoms with E-state index in [-0.39, 0.29) is 12.2 Å². The number of hydrogen-bond donors (Lipinski definition) is 2. The van der Waals surface area contributed by atoms with Gasteiger partial charge in [0.25, 0.3) is 0 Å². The highest BCUT2D eigenvalue weighted by Crippen LogP contribution is 2.43. The molecule has 1 aromatic carbocycles. The molecule has 6 atom stereocenters. The van der Waals surface area contributed by atoms with E-state index in [1.807, 2.05) is 84.4 Å². The zero-order chi connectivity index (χ0) is 18.5. The minimum Gasteiger partial charge on any atom is -0.392 e. The number of thioether (sulfide) groups is 6. The molecule has 0 amide bonds. The van der Waals surface area contributed by atoms with Crippen LogP contribution in [0.1, 0.15) is 13.8 Å². The second-order valence-electron chi connectivity index (χ2n) is 6.45. The third-order valence-electron chi connectivity index (χ3n) is 4.22. The van der Waals surface area contributed by atoms with Crippen LogP contribution in [0.5, 0.6) is 0 Å². The molecule has 6 unspecified atom stereocenters. The molecule has 3 rings (SSSR count). The minimum atomic E-state index is -0.203. The van der Waals surface area contributed by atoms with Gasteiger partial charge < -0.3 is 10.2 Å². The van der Waals surface area contributed by atoms with Crippen molar-refractivity contribution in [3.8, 4) is 0 Å². The van der Waals surface area contributed by atoms with E-state index in [1.54, 1.807) is 0 Å². The Labute approximate surface area is 182 Å². The zero-order valence-corrected chi connectivity index (χ0v) is 19.8. The van der Waals surface area contributed by atoms with Crippen LogP contribution < -0.4 is 0 Å². The van der Waals surface area contributed by atoms with Gasteiger partial charge in [-0.15, -0.1) is 70.6 Å². The normalized spacial score (nSPS) is 31.2. The summed E-state index contributed by atoms with van der Waals surface area (Å²) in [5, 5.41) is 20.2. The van der Waals surface area contributed by atoms with Crippen LogP contribution >= 0.6 is 70.6 Å². The molecule has 2 saturated heterocycles. The van der Waals surface area contributed by atoms with Gasteiger partial charge in [0.15, 0.2) is 0 Å². The van der Waals surface area contributed by atoms with Gasteiger partial charge in [0, 0.05) is 43.3 Å². The molecule has 8 heteroatoms. The van der Waals surface area contributed by atoms with Crippen LogP contribution in [0.3, 0.4) is 0 Å². The minimum absolute atomic E-state index is 0.203. The smallest absolute Gasteiger partial charge is 0.0639 e. The molecule has 0 spiro atoms. The number of hydrogen-bond acceptors (Lipinski definition) is 8. The van der Waals surface area contributed by atoms with Gasteiger partial charge in [-0.3, -0.25) is 0 Å². The largest absolute Gasteiger partial charge is 0.392 e. The van der Waals surface area contributed by atoms with Gasteiger partial charge in [0.1, 0.15) is 0 Å². The Hall–Kier alpha value is 1.24. The molecule has 2 heterocycles. The fourth-order valence-corrected chi connectivity index (χ4v) is 11.8. The van der Waals surface area contributed by atoms with E-state index < -0.39 is 0 Å². The van der Waals surface area contributed by atoms with Crippen molar-refractivity contribution in [1.29, 1.82) is 0 Å². The topological polar surface area (TPSA) is 40.5 Å². The molecule has 0 aromatic heterocycles. The van der Waals surface area contributed by atoms with Gasteiger partial charge in [-0.2, -0.15) is 0 Å². The Balaban J connectivity index is 1.37. The van der Waals surface area contributed by atoms with E-state index in [0.29, 0.717) is 19.7 Å². The first kappa shape index (κ1) is 21.9. The first-order chi connectivity index (χ1) is 12.5. The highest BCUT2D eigenvalue weighted by molar-refractivity contribution is 8.22.